The largest absolute Gasteiger partial charge is 0.487 e. The molecule has 1 aliphatic heterocycles. The van der Waals surface area contributed by atoms with Gasteiger partial charge in [0.15, 0.2) is 0 Å². The molecule has 3 aromatic rings. The van der Waals surface area contributed by atoms with E-state index in [0.29, 0.717) is 19.8 Å². The van der Waals surface area contributed by atoms with Crippen molar-refractivity contribution in [3.8, 4) is 11.5 Å². The summed E-state index contributed by atoms with van der Waals surface area (Å²) in [6, 6.07) is 22.3. The summed E-state index contributed by atoms with van der Waals surface area (Å²) in [5, 5.41) is 7.11. The van der Waals surface area contributed by atoms with E-state index in [2.05, 4.69) is 27.7 Å². The highest BCUT2D eigenvalue weighted by atomic mass is 16.5. The maximum atomic E-state index is 6.15. The first kappa shape index (κ1) is 24.2. The van der Waals surface area contributed by atoms with Gasteiger partial charge in [-0.1, -0.05) is 42.5 Å². The summed E-state index contributed by atoms with van der Waals surface area (Å²) in [4.78, 5) is 7.13. The Balaban J connectivity index is 1.50. The van der Waals surface area contributed by atoms with Gasteiger partial charge in [-0.2, -0.15) is 0 Å². The van der Waals surface area contributed by atoms with Gasteiger partial charge >= 0.3 is 0 Å². The van der Waals surface area contributed by atoms with E-state index in [-0.39, 0.29) is 0 Å². The van der Waals surface area contributed by atoms with E-state index < -0.39 is 0 Å². The Hall–Kier alpha value is -2.97. The van der Waals surface area contributed by atoms with Crippen LogP contribution in [0.4, 0.5) is 0 Å². The van der Waals surface area contributed by atoms with Crippen molar-refractivity contribution in [2.45, 2.75) is 26.3 Å². The Morgan fingerprint density at radius 3 is 1.79 bits per heavy atom. The van der Waals surface area contributed by atoms with E-state index in [1.807, 2.05) is 54.6 Å². The first-order valence-electron chi connectivity index (χ1n) is 12.0. The fourth-order valence-electron chi connectivity index (χ4n) is 4.01. The smallest absolute Gasteiger partial charge is 0.130 e. The highest BCUT2D eigenvalue weighted by molar-refractivity contribution is 5.34. The Labute approximate surface area is 202 Å². The van der Waals surface area contributed by atoms with Crippen molar-refractivity contribution in [2.24, 2.45) is 5.73 Å². The van der Waals surface area contributed by atoms with Gasteiger partial charge in [-0.15, -0.1) is 0 Å². The van der Waals surface area contributed by atoms with Gasteiger partial charge in [-0.05, 0) is 24.3 Å². The van der Waals surface area contributed by atoms with Crippen molar-refractivity contribution in [3.63, 3.8) is 0 Å². The topological polar surface area (TPSA) is 84.7 Å². The predicted octanol–water partition coefficient (Wildman–Crippen LogP) is 2.69. The number of pyridine rings is 1. The predicted molar refractivity (Wildman–Crippen MR) is 135 cm³/mol. The maximum absolute atomic E-state index is 6.15. The summed E-state index contributed by atoms with van der Waals surface area (Å²) in [6.07, 6.45) is 0. The molecule has 0 aliphatic carbocycles. The Morgan fingerprint density at radius 2 is 1.26 bits per heavy atom. The minimum Gasteiger partial charge on any atom is -0.487 e. The van der Waals surface area contributed by atoms with Crippen LogP contribution in [0.2, 0.25) is 0 Å². The molecule has 0 spiro atoms. The molecule has 2 heterocycles. The molecular formula is C27H35N5O2. The number of nitrogens with zero attached hydrogens (tertiary/aromatic N) is 2. The van der Waals surface area contributed by atoms with Crippen molar-refractivity contribution in [2.75, 3.05) is 39.3 Å². The highest BCUT2D eigenvalue weighted by Crippen LogP contribution is 2.21. The van der Waals surface area contributed by atoms with Crippen molar-refractivity contribution < 1.29 is 9.47 Å². The standard InChI is InChI=1S/C27H35N5O2/c28-12-15-32-16-13-29-18-22-6-1-3-10-26(22)33-20-24-8-5-9-25(31-24)21-34-27-11-4-2-7-23(27)19-30-14-17-32/h1-11,29-30H,12-21,28H2. The molecule has 1 aliphatic rings. The zero-order valence-corrected chi connectivity index (χ0v) is 19.7. The number of ether oxygens (including phenoxy) is 2. The third kappa shape index (κ3) is 7.27. The molecular weight excluding hydrogens is 426 g/mol. The monoisotopic (exact) mass is 461 g/mol. The fraction of sp³-hybridized carbons (Fsp3) is 0.370. The second kappa shape index (κ2) is 13.1. The van der Waals surface area contributed by atoms with Crippen LogP contribution in [-0.2, 0) is 26.3 Å². The molecule has 0 fully saturated rings. The van der Waals surface area contributed by atoms with Crippen LogP contribution in [0.3, 0.4) is 0 Å². The van der Waals surface area contributed by atoms with Crippen LogP contribution in [0.1, 0.15) is 22.5 Å². The zero-order valence-electron chi connectivity index (χ0n) is 19.7. The molecule has 2 aromatic carbocycles. The molecule has 7 heteroatoms. The van der Waals surface area contributed by atoms with Crippen molar-refractivity contribution >= 4 is 0 Å². The van der Waals surface area contributed by atoms with E-state index in [4.69, 9.17) is 20.2 Å². The summed E-state index contributed by atoms with van der Waals surface area (Å²) in [7, 11) is 0. The van der Waals surface area contributed by atoms with E-state index in [1.54, 1.807) is 0 Å². The molecule has 0 unspecified atom stereocenters. The molecule has 0 saturated carbocycles. The summed E-state index contributed by atoms with van der Waals surface area (Å²) < 4.78 is 12.3. The molecule has 0 atom stereocenters. The molecule has 180 valence electrons. The van der Waals surface area contributed by atoms with E-state index in [0.717, 1.165) is 79.8 Å². The van der Waals surface area contributed by atoms with Crippen LogP contribution >= 0.6 is 0 Å². The first-order chi connectivity index (χ1) is 16.8. The molecule has 2 bridgehead atoms. The maximum Gasteiger partial charge on any atom is 0.130 e. The van der Waals surface area contributed by atoms with Crippen LogP contribution in [-0.4, -0.2) is 49.2 Å². The number of aromatic nitrogens is 1. The van der Waals surface area contributed by atoms with Gasteiger partial charge in [0, 0.05) is 63.5 Å². The number of rotatable bonds is 2. The lowest BCUT2D eigenvalue weighted by atomic mass is 10.2. The second-order valence-electron chi connectivity index (χ2n) is 8.40. The number of hydrogen-bond acceptors (Lipinski definition) is 7. The number of nitrogens with one attached hydrogen (secondary N) is 2. The Morgan fingerprint density at radius 1 is 0.735 bits per heavy atom. The van der Waals surface area contributed by atoms with Crippen molar-refractivity contribution in [3.05, 3.63) is 89.2 Å². The van der Waals surface area contributed by atoms with Gasteiger partial charge < -0.3 is 25.8 Å². The van der Waals surface area contributed by atoms with Gasteiger partial charge in [0.05, 0.1) is 11.4 Å². The minimum atomic E-state index is 0.412. The molecule has 4 rings (SSSR count). The molecule has 0 saturated heterocycles. The average molecular weight is 462 g/mol. The third-order valence-electron chi connectivity index (χ3n) is 5.85. The summed E-state index contributed by atoms with van der Waals surface area (Å²) >= 11 is 0. The van der Waals surface area contributed by atoms with Gasteiger partial charge in [0.25, 0.3) is 0 Å². The highest BCUT2D eigenvalue weighted by Gasteiger charge is 2.09. The normalized spacial score (nSPS) is 16.4. The Kier molecular flexibility index (Phi) is 9.28. The Bertz CT molecular complexity index is 954. The molecule has 0 radical (unpaired) electrons. The number of benzene rings is 2. The van der Waals surface area contributed by atoms with Crippen LogP contribution in [0.5, 0.6) is 11.5 Å². The fourth-order valence-corrected chi connectivity index (χ4v) is 4.01. The van der Waals surface area contributed by atoms with Gasteiger partial charge in [0.2, 0.25) is 0 Å². The minimum absolute atomic E-state index is 0.412. The van der Waals surface area contributed by atoms with Crippen molar-refractivity contribution in [1.82, 2.24) is 20.5 Å². The van der Waals surface area contributed by atoms with Crippen LogP contribution in [0.15, 0.2) is 66.7 Å². The van der Waals surface area contributed by atoms with E-state index in [9.17, 15) is 0 Å². The first-order valence-corrected chi connectivity index (χ1v) is 12.0. The lowest BCUT2D eigenvalue weighted by Crippen LogP contribution is -2.39. The molecule has 34 heavy (non-hydrogen) atoms. The van der Waals surface area contributed by atoms with Crippen LogP contribution in [0.25, 0.3) is 0 Å². The summed E-state index contributed by atoms with van der Waals surface area (Å²) in [5.41, 5.74) is 9.89. The van der Waals surface area contributed by atoms with Gasteiger partial charge in [-0.25, -0.2) is 0 Å². The lowest BCUT2D eigenvalue weighted by Gasteiger charge is -2.22. The van der Waals surface area contributed by atoms with E-state index in [1.165, 1.54) is 0 Å². The lowest BCUT2D eigenvalue weighted by molar-refractivity contribution is 0.274. The van der Waals surface area contributed by atoms with Crippen LogP contribution < -0.4 is 25.8 Å². The SMILES string of the molecule is NCCN1CCNCc2ccccc2OCc2cccc(n2)COc2ccccc2CNCC1. The number of para-hydroxylation sites is 2. The molecule has 1 aromatic heterocycles. The summed E-state index contributed by atoms with van der Waals surface area (Å²) in [6.45, 7) is 7.52. The van der Waals surface area contributed by atoms with Gasteiger partial charge in [-0.3, -0.25) is 9.88 Å². The molecule has 7 nitrogen and oxygen atoms in total. The molecule has 4 N–H and O–H groups in total. The third-order valence-corrected chi connectivity index (χ3v) is 5.85. The average Bonchev–Trinajstić information content (AvgIpc) is 2.87. The van der Waals surface area contributed by atoms with E-state index >= 15 is 0 Å². The summed E-state index contributed by atoms with van der Waals surface area (Å²) in [5.74, 6) is 1.76. The zero-order chi connectivity index (χ0) is 23.4. The molecule has 0 amide bonds. The van der Waals surface area contributed by atoms with Crippen LogP contribution in [0, 0.1) is 0 Å². The van der Waals surface area contributed by atoms with Gasteiger partial charge in [0.1, 0.15) is 24.7 Å². The number of nitrogens with two attached hydrogens (primary N) is 1. The number of hydrogen-bond donors (Lipinski definition) is 3. The number of fused-ring (bicyclic) bond motifs is 4. The second-order valence-corrected chi connectivity index (χ2v) is 8.40. The quantitative estimate of drug-likeness (QED) is 0.541. The van der Waals surface area contributed by atoms with Crippen molar-refractivity contribution in [1.29, 1.82) is 0 Å².